The third-order valence-electron chi connectivity index (χ3n) is 7.11. The number of rotatable bonds is 6. The molecule has 33 heavy (non-hydrogen) atoms. The predicted molar refractivity (Wildman–Crippen MR) is 126 cm³/mol. The third-order valence-corrected chi connectivity index (χ3v) is 7.11. The summed E-state index contributed by atoms with van der Waals surface area (Å²) in [6.45, 7) is 3.59. The van der Waals surface area contributed by atoms with Gasteiger partial charge in [-0.2, -0.15) is 0 Å². The molecular weight excluding hydrogens is 420 g/mol. The van der Waals surface area contributed by atoms with Gasteiger partial charge in [-0.05, 0) is 43.5 Å². The summed E-state index contributed by atoms with van der Waals surface area (Å²) in [6, 6.07) is 17.6. The first-order valence-corrected chi connectivity index (χ1v) is 11.6. The van der Waals surface area contributed by atoms with Crippen LogP contribution in [0.2, 0.25) is 0 Å². The first kappa shape index (κ1) is 21.6. The second-order valence-corrected chi connectivity index (χ2v) is 8.88. The number of nitrogens with zero attached hydrogens (tertiary/aromatic N) is 3. The molecule has 3 aliphatic heterocycles. The van der Waals surface area contributed by atoms with Crippen LogP contribution in [0.4, 0.5) is 16.2 Å². The Balaban J connectivity index is 1.17. The number of methoxy groups -OCH3 is 1. The van der Waals surface area contributed by atoms with Crippen LogP contribution in [0.15, 0.2) is 54.6 Å². The van der Waals surface area contributed by atoms with Crippen molar-refractivity contribution in [3.05, 3.63) is 54.6 Å². The van der Waals surface area contributed by atoms with Gasteiger partial charge in [-0.3, -0.25) is 9.69 Å². The second-order valence-electron chi connectivity index (χ2n) is 8.88. The summed E-state index contributed by atoms with van der Waals surface area (Å²) in [5.41, 5.74) is 1.34. The molecule has 2 amide bonds. The molecule has 1 spiro atoms. The van der Waals surface area contributed by atoms with Crippen LogP contribution in [-0.2, 0) is 9.53 Å². The summed E-state index contributed by atoms with van der Waals surface area (Å²) < 4.78 is 11.0. The van der Waals surface area contributed by atoms with E-state index >= 15 is 0 Å². The van der Waals surface area contributed by atoms with E-state index in [-0.39, 0.29) is 18.1 Å². The lowest BCUT2D eigenvalue weighted by atomic mass is 9.85. The number of likely N-dealkylation sites (tertiary alicyclic amines) is 1. The molecule has 1 N–H and O–H groups in total. The van der Waals surface area contributed by atoms with Crippen molar-refractivity contribution in [3.63, 3.8) is 0 Å². The van der Waals surface area contributed by atoms with Crippen LogP contribution >= 0.6 is 0 Å². The van der Waals surface area contributed by atoms with Gasteiger partial charge in [0.1, 0.15) is 17.4 Å². The Labute approximate surface area is 194 Å². The number of carbonyl (C=O) groups is 2. The second kappa shape index (κ2) is 8.94. The highest BCUT2D eigenvalue weighted by atomic mass is 16.6. The molecule has 2 aromatic carbocycles. The summed E-state index contributed by atoms with van der Waals surface area (Å²) in [5.74, 6) is 0.789. The van der Waals surface area contributed by atoms with Gasteiger partial charge in [-0.1, -0.05) is 30.3 Å². The fraction of sp³-hybridized carbons (Fsp3) is 0.440. The van der Waals surface area contributed by atoms with E-state index in [4.69, 9.17) is 9.47 Å². The maximum absolute atomic E-state index is 12.8. The number of ether oxygens (including phenoxy) is 2. The Bertz CT molecular complexity index is 1010. The lowest BCUT2D eigenvalue weighted by molar-refractivity contribution is -0.125. The van der Waals surface area contributed by atoms with Crippen LogP contribution in [0.1, 0.15) is 19.3 Å². The molecule has 0 bridgehead atoms. The van der Waals surface area contributed by atoms with Gasteiger partial charge in [0.2, 0.25) is 5.91 Å². The highest BCUT2D eigenvalue weighted by molar-refractivity contribution is 5.93. The van der Waals surface area contributed by atoms with Crippen molar-refractivity contribution in [1.82, 2.24) is 10.2 Å². The number of nitrogens with one attached hydrogen (secondary N) is 1. The first-order chi connectivity index (χ1) is 16.1. The van der Waals surface area contributed by atoms with Crippen LogP contribution in [0.25, 0.3) is 0 Å². The Morgan fingerprint density at radius 2 is 1.79 bits per heavy atom. The fourth-order valence-corrected chi connectivity index (χ4v) is 5.23. The van der Waals surface area contributed by atoms with E-state index < -0.39 is 5.54 Å². The molecule has 3 saturated heterocycles. The van der Waals surface area contributed by atoms with Crippen molar-refractivity contribution in [2.45, 2.75) is 30.9 Å². The number of piperidine rings is 1. The van der Waals surface area contributed by atoms with E-state index in [0.29, 0.717) is 19.0 Å². The molecule has 0 aliphatic carbocycles. The van der Waals surface area contributed by atoms with Crippen molar-refractivity contribution in [2.75, 3.05) is 49.8 Å². The van der Waals surface area contributed by atoms with E-state index in [2.05, 4.69) is 27.2 Å². The van der Waals surface area contributed by atoms with Gasteiger partial charge in [-0.25, -0.2) is 4.79 Å². The average molecular weight is 451 g/mol. The zero-order valence-corrected chi connectivity index (χ0v) is 18.9. The SMILES string of the molecule is COc1ccccc1N1CC(CCN2CCC3(CC2)C(=O)NCN3c2ccccc2)OC1=O. The predicted octanol–water partition coefficient (Wildman–Crippen LogP) is 2.84. The Hall–Kier alpha value is -3.26. The normalized spacial score (nSPS) is 22.5. The maximum atomic E-state index is 12.8. The first-order valence-electron chi connectivity index (χ1n) is 11.6. The van der Waals surface area contributed by atoms with Gasteiger partial charge in [0.15, 0.2) is 0 Å². The summed E-state index contributed by atoms with van der Waals surface area (Å²) >= 11 is 0. The van der Waals surface area contributed by atoms with E-state index in [1.54, 1.807) is 12.0 Å². The van der Waals surface area contributed by atoms with Crippen LogP contribution in [0, 0.1) is 0 Å². The Kier molecular flexibility index (Phi) is 5.85. The Morgan fingerprint density at radius 3 is 2.55 bits per heavy atom. The van der Waals surface area contributed by atoms with Crippen molar-refractivity contribution in [3.8, 4) is 5.75 Å². The van der Waals surface area contributed by atoms with Crippen LogP contribution in [0.3, 0.4) is 0 Å². The number of hydrogen-bond donors (Lipinski definition) is 1. The van der Waals surface area contributed by atoms with Crippen molar-refractivity contribution < 1.29 is 19.1 Å². The lowest BCUT2D eigenvalue weighted by Crippen LogP contribution is -2.56. The van der Waals surface area contributed by atoms with Crippen LogP contribution in [-0.4, -0.2) is 68.5 Å². The standard InChI is InChI=1S/C25H30N4O4/c1-32-22-10-6-5-9-21(22)28-17-20(33-24(28)31)11-14-27-15-12-25(13-16-27)23(30)26-18-29(25)19-7-3-2-4-8-19/h2-10,20H,11-18H2,1H3,(H,26,30). The largest absolute Gasteiger partial charge is 0.495 e. The molecule has 0 aromatic heterocycles. The molecular formula is C25H30N4O4. The van der Waals surface area contributed by atoms with E-state index in [0.717, 1.165) is 50.3 Å². The highest BCUT2D eigenvalue weighted by Crippen LogP contribution is 2.36. The monoisotopic (exact) mass is 450 g/mol. The average Bonchev–Trinajstić information content (AvgIpc) is 3.38. The molecule has 2 aromatic rings. The number of anilines is 2. The maximum Gasteiger partial charge on any atom is 0.414 e. The summed E-state index contributed by atoms with van der Waals surface area (Å²) in [4.78, 5) is 31.5. The quantitative estimate of drug-likeness (QED) is 0.730. The molecule has 3 aliphatic rings. The topological polar surface area (TPSA) is 74.3 Å². The molecule has 5 rings (SSSR count). The number of cyclic esters (lactones) is 1. The summed E-state index contributed by atoms with van der Waals surface area (Å²) in [6.07, 6.45) is 1.84. The minimum absolute atomic E-state index is 0.128. The Morgan fingerprint density at radius 1 is 1.06 bits per heavy atom. The molecule has 1 atom stereocenters. The third kappa shape index (κ3) is 3.99. The smallest absolute Gasteiger partial charge is 0.414 e. The van der Waals surface area contributed by atoms with Gasteiger partial charge < -0.3 is 24.6 Å². The molecule has 0 radical (unpaired) electrons. The van der Waals surface area contributed by atoms with E-state index in [1.807, 2.05) is 42.5 Å². The van der Waals surface area contributed by atoms with Crippen LogP contribution in [0.5, 0.6) is 5.75 Å². The molecule has 3 fully saturated rings. The molecule has 1 unspecified atom stereocenters. The zero-order valence-electron chi connectivity index (χ0n) is 18.9. The van der Waals surface area contributed by atoms with Crippen molar-refractivity contribution in [2.24, 2.45) is 0 Å². The molecule has 8 nitrogen and oxygen atoms in total. The van der Waals surface area contributed by atoms with E-state index in [9.17, 15) is 9.59 Å². The number of benzene rings is 2. The molecule has 174 valence electrons. The van der Waals surface area contributed by atoms with Gasteiger partial charge in [0, 0.05) is 25.3 Å². The minimum Gasteiger partial charge on any atom is -0.495 e. The lowest BCUT2D eigenvalue weighted by Gasteiger charge is -2.43. The number of amides is 2. The molecule has 8 heteroatoms. The molecule has 0 saturated carbocycles. The van der Waals surface area contributed by atoms with Crippen molar-refractivity contribution >= 4 is 23.4 Å². The fourth-order valence-electron chi connectivity index (χ4n) is 5.23. The van der Waals surface area contributed by atoms with Crippen LogP contribution < -0.4 is 19.9 Å². The highest BCUT2D eigenvalue weighted by Gasteiger charge is 2.50. The van der Waals surface area contributed by atoms with Gasteiger partial charge in [-0.15, -0.1) is 0 Å². The summed E-state index contributed by atoms with van der Waals surface area (Å²) in [5, 5.41) is 3.05. The molecule has 3 heterocycles. The zero-order chi connectivity index (χ0) is 22.8. The minimum atomic E-state index is -0.474. The van der Waals surface area contributed by atoms with E-state index in [1.165, 1.54) is 0 Å². The number of hydrogen-bond acceptors (Lipinski definition) is 6. The number of carbonyl (C=O) groups excluding carboxylic acids is 2. The summed E-state index contributed by atoms with van der Waals surface area (Å²) in [7, 11) is 1.60. The van der Waals surface area contributed by atoms with Gasteiger partial charge in [0.25, 0.3) is 0 Å². The van der Waals surface area contributed by atoms with Crippen molar-refractivity contribution in [1.29, 1.82) is 0 Å². The van der Waals surface area contributed by atoms with Gasteiger partial charge in [0.05, 0.1) is 26.0 Å². The number of para-hydroxylation sites is 3. The van der Waals surface area contributed by atoms with Gasteiger partial charge >= 0.3 is 6.09 Å².